The van der Waals surface area contributed by atoms with E-state index in [9.17, 15) is 19.8 Å². The van der Waals surface area contributed by atoms with Gasteiger partial charge in [-0.3, -0.25) is 9.59 Å². The van der Waals surface area contributed by atoms with Crippen LogP contribution in [0.15, 0.2) is 24.3 Å². The fourth-order valence-electron chi connectivity index (χ4n) is 12.2. The Morgan fingerprint density at radius 2 is 0.602 bits per heavy atom. The largest absolute Gasteiger partial charge is 0.466 e. The third-order valence-corrected chi connectivity index (χ3v) is 18.0. The Hall–Kier alpha value is -1.66. The van der Waals surface area contributed by atoms with E-state index in [2.05, 4.69) is 43.5 Å². The monoisotopic (exact) mass is 1170 g/mol. The standard InChI is InChI=1S/C77H149NO5/c1-3-5-7-9-11-13-15-17-19-21-23-24-25-26-28-31-34-37-41-45-49-53-57-61-65-69-75(80)74(73-79)78-76(81)70-66-62-58-54-50-46-42-38-35-32-29-27-30-33-36-40-44-48-52-56-60-64-68-72-83-77(82)71-67-63-59-55-51-47-43-39-22-20-18-16-14-12-10-8-6-4-2/h27,30,32,35,74-75,79-80H,3-26,28-29,31,33-34,36-73H2,1-2H3,(H,78,81)/b30-27-,35-32-. The van der Waals surface area contributed by atoms with Gasteiger partial charge in [0.25, 0.3) is 0 Å². The highest BCUT2D eigenvalue weighted by Gasteiger charge is 2.20. The van der Waals surface area contributed by atoms with Crippen LogP contribution in [0.1, 0.15) is 431 Å². The van der Waals surface area contributed by atoms with Crippen LogP contribution in [0, 0.1) is 0 Å². The second kappa shape index (κ2) is 72.8. The number of esters is 1. The minimum Gasteiger partial charge on any atom is -0.466 e. The number of ether oxygens (including phenoxy) is 1. The molecule has 492 valence electrons. The summed E-state index contributed by atoms with van der Waals surface area (Å²) in [6.07, 6.45) is 92.4. The Balaban J connectivity index is 3.42. The highest BCUT2D eigenvalue weighted by atomic mass is 16.5. The number of nitrogens with one attached hydrogen (secondary N) is 1. The molecule has 0 fully saturated rings. The highest BCUT2D eigenvalue weighted by molar-refractivity contribution is 5.76. The maximum absolute atomic E-state index is 12.6. The quantitative estimate of drug-likeness (QED) is 0.0320. The lowest BCUT2D eigenvalue weighted by molar-refractivity contribution is -0.143. The van der Waals surface area contributed by atoms with Gasteiger partial charge in [0.1, 0.15) is 0 Å². The predicted octanol–water partition coefficient (Wildman–Crippen LogP) is 24.9. The Morgan fingerprint density at radius 3 is 0.916 bits per heavy atom. The molecule has 0 bridgehead atoms. The van der Waals surface area contributed by atoms with Gasteiger partial charge in [-0.25, -0.2) is 0 Å². The molecule has 1 amide bonds. The summed E-state index contributed by atoms with van der Waals surface area (Å²) in [6, 6.07) is -0.551. The second-order valence-corrected chi connectivity index (χ2v) is 26.3. The van der Waals surface area contributed by atoms with Crippen LogP contribution < -0.4 is 5.32 Å². The van der Waals surface area contributed by atoms with Crippen LogP contribution >= 0.6 is 0 Å². The molecule has 6 heteroatoms. The molecule has 2 atom stereocenters. The summed E-state index contributed by atoms with van der Waals surface area (Å²) < 4.78 is 5.51. The fraction of sp³-hybridized carbons (Fsp3) is 0.922. The van der Waals surface area contributed by atoms with E-state index in [0.29, 0.717) is 25.9 Å². The van der Waals surface area contributed by atoms with E-state index >= 15 is 0 Å². The number of aliphatic hydroxyl groups is 2. The summed E-state index contributed by atoms with van der Waals surface area (Å²) in [7, 11) is 0. The molecular weight excluding hydrogens is 1020 g/mol. The van der Waals surface area contributed by atoms with Gasteiger partial charge in [0, 0.05) is 12.8 Å². The van der Waals surface area contributed by atoms with Crippen molar-refractivity contribution in [2.75, 3.05) is 13.2 Å². The summed E-state index contributed by atoms with van der Waals surface area (Å²) in [6.45, 7) is 5.00. The van der Waals surface area contributed by atoms with E-state index in [-0.39, 0.29) is 18.5 Å². The van der Waals surface area contributed by atoms with Crippen molar-refractivity contribution in [2.45, 2.75) is 443 Å². The first-order chi connectivity index (χ1) is 41.0. The van der Waals surface area contributed by atoms with Gasteiger partial charge >= 0.3 is 5.97 Å². The predicted molar refractivity (Wildman–Crippen MR) is 366 cm³/mol. The number of unbranched alkanes of at least 4 members (excludes halogenated alkanes) is 57. The molecule has 0 aliphatic heterocycles. The summed E-state index contributed by atoms with van der Waals surface area (Å²) >= 11 is 0. The SMILES string of the molecule is CCCCCCCCCCCCCCCCCCCCCCCCCCCC(O)C(CO)NC(=O)CCCCCCCCC/C=C\C/C=C\CCCCCCCCCCCOC(=O)CCCCCCCCCCCCCCCCCCCC. The average Bonchev–Trinajstić information content (AvgIpc) is 3.49. The normalized spacial score (nSPS) is 12.6. The number of carbonyl (C=O) groups excluding carboxylic acids is 2. The van der Waals surface area contributed by atoms with Crippen molar-refractivity contribution in [3.05, 3.63) is 24.3 Å². The van der Waals surface area contributed by atoms with Crippen LogP contribution in [0.4, 0.5) is 0 Å². The molecule has 2 unspecified atom stereocenters. The van der Waals surface area contributed by atoms with Gasteiger partial charge < -0.3 is 20.3 Å². The number of rotatable bonds is 72. The van der Waals surface area contributed by atoms with E-state index in [0.717, 1.165) is 44.9 Å². The fourth-order valence-corrected chi connectivity index (χ4v) is 12.2. The molecule has 0 aromatic heterocycles. The average molecular weight is 1170 g/mol. The first kappa shape index (κ1) is 81.3. The molecule has 0 aliphatic carbocycles. The molecule has 0 rings (SSSR count). The van der Waals surface area contributed by atoms with Crippen molar-refractivity contribution in [3.63, 3.8) is 0 Å². The van der Waals surface area contributed by atoms with E-state index in [1.54, 1.807) is 0 Å². The van der Waals surface area contributed by atoms with Gasteiger partial charge in [0.2, 0.25) is 5.91 Å². The number of carbonyl (C=O) groups is 2. The van der Waals surface area contributed by atoms with Crippen molar-refractivity contribution >= 4 is 11.9 Å². The Kier molecular flexibility index (Phi) is 71.4. The molecule has 0 saturated carbocycles. The highest BCUT2D eigenvalue weighted by Crippen LogP contribution is 2.20. The minimum atomic E-state index is -0.673. The second-order valence-electron chi connectivity index (χ2n) is 26.3. The van der Waals surface area contributed by atoms with Crippen LogP contribution in [-0.4, -0.2) is 47.4 Å². The molecule has 0 heterocycles. The third kappa shape index (κ3) is 69.3. The lowest BCUT2D eigenvalue weighted by atomic mass is 10.0. The summed E-state index contributed by atoms with van der Waals surface area (Å²) in [5.74, 6) is -0.0274. The maximum Gasteiger partial charge on any atom is 0.305 e. The molecule has 0 aromatic rings. The molecule has 0 aromatic carbocycles. The summed E-state index contributed by atoms with van der Waals surface area (Å²) in [5.41, 5.74) is 0. The van der Waals surface area contributed by atoms with Crippen LogP contribution in [0.25, 0.3) is 0 Å². The Bertz CT molecular complexity index is 1300. The van der Waals surface area contributed by atoms with E-state index in [1.165, 1.54) is 353 Å². The van der Waals surface area contributed by atoms with E-state index < -0.39 is 12.1 Å². The van der Waals surface area contributed by atoms with Gasteiger partial charge in [-0.15, -0.1) is 0 Å². The van der Waals surface area contributed by atoms with Gasteiger partial charge in [0.05, 0.1) is 25.4 Å². The van der Waals surface area contributed by atoms with Gasteiger partial charge in [-0.05, 0) is 57.8 Å². The maximum atomic E-state index is 12.6. The van der Waals surface area contributed by atoms with Crippen LogP contribution in [0.2, 0.25) is 0 Å². The zero-order valence-corrected chi connectivity index (χ0v) is 56.5. The van der Waals surface area contributed by atoms with E-state index in [1.807, 2.05) is 0 Å². The van der Waals surface area contributed by atoms with E-state index in [4.69, 9.17) is 4.74 Å². The number of amides is 1. The lowest BCUT2D eigenvalue weighted by Crippen LogP contribution is -2.45. The summed E-state index contributed by atoms with van der Waals surface area (Å²) in [5, 5.41) is 23.5. The molecule has 0 spiro atoms. The van der Waals surface area contributed by atoms with Crippen LogP contribution in [0.5, 0.6) is 0 Å². The van der Waals surface area contributed by atoms with Crippen molar-refractivity contribution in [3.8, 4) is 0 Å². The van der Waals surface area contributed by atoms with Gasteiger partial charge in [0.15, 0.2) is 0 Å². The van der Waals surface area contributed by atoms with Gasteiger partial charge in [-0.2, -0.15) is 0 Å². The van der Waals surface area contributed by atoms with Crippen LogP contribution in [0.3, 0.4) is 0 Å². The third-order valence-electron chi connectivity index (χ3n) is 18.0. The minimum absolute atomic E-state index is 0.0127. The first-order valence-corrected chi connectivity index (χ1v) is 38.1. The van der Waals surface area contributed by atoms with Gasteiger partial charge in [-0.1, -0.05) is 385 Å². The number of aliphatic hydroxyl groups excluding tert-OH is 2. The first-order valence-electron chi connectivity index (χ1n) is 38.1. The molecule has 0 aliphatic rings. The molecular formula is C77H149NO5. The Labute approximate surface area is 520 Å². The van der Waals surface area contributed by atoms with Crippen LogP contribution in [-0.2, 0) is 14.3 Å². The molecule has 0 radical (unpaired) electrons. The van der Waals surface area contributed by atoms with Crippen molar-refractivity contribution in [1.82, 2.24) is 5.32 Å². The molecule has 0 saturated heterocycles. The Morgan fingerprint density at radius 1 is 0.337 bits per heavy atom. The molecule has 6 nitrogen and oxygen atoms in total. The number of allylic oxidation sites excluding steroid dienone is 4. The topological polar surface area (TPSA) is 95.9 Å². The number of hydrogen-bond donors (Lipinski definition) is 3. The van der Waals surface area contributed by atoms with Crippen molar-refractivity contribution in [1.29, 1.82) is 0 Å². The summed E-state index contributed by atoms with van der Waals surface area (Å²) in [4.78, 5) is 24.7. The smallest absolute Gasteiger partial charge is 0.305 e. The molecule has 3 N–H and O–H groups in total. The van der Waals surface area contributed by atoms with Crippen molar-refractivity contribution < 1.29 is 24.5 Å². The van der Waals surface area contributed by atoms with Crippen molar-refractivity contribution in [2.24, 2.45) is 0 Å². The molecule has 83 heavy (non-hydrogen) atoms. The zero-order valence-electron chi connectivity index (χ0n) is 56.5. The zero-order chi connectivity index (χ0) is 59.9. The number of hydrogen-bond acceptors (Lipinski definition) is 5. The lowest BCUT2D eigenvalue weighted by Gasteiger charge is -2.22.